The molecule has 0 spiro atoms. The number of carbonyl (C=O) groups is 1. The molecule has 3 rings (SSSR count). The van der Waals surface area contributed by atoms with Gasteiger partial charge in [-0.25, -0.2) is 21.6 Å². The Morgan fingerprint density at radius 2 is 1.42 bits per heavy atom. The van der Waals surface area contributed by atoms with Crippen molar-refractivity contribution in [1.29, 1.82) is 0 Å². The number of carbonyl (C=O) groups excluding carboxylic acids is 1. The molecule has 0 aliphatic heterocycles. The highest BCUT2D eigenvalue weighted by molar-refractivity contribution is 7.92. The van der Waals surface area contributed by atoms with Gasteiger partial charge in [0.1, 0.15) is 5.75 Å². The third kappa shape index (κ3) is 5.18. The largest absolute Gasteiger partial charge is 0.496 e. The first-order valence-corrected chi connectivity index (χ1v) is 12.8. The molecule has 10 heteroatoms. The summed E-state index contributed by atoms with van der Waals surface area (Å²) in [5.74, 6) is -0.169. The highest BCUT2D eigenvalue weighted by atomic mass is 32.2. The molecule has 8 nitrogen and oxygen atoms in total. The molecule has 0 aliphatic rings. The third-order valence-corrected chi connectivity index (χ3v) is 8.16. The molecule has 2 N–H and O–H groups in total. The Balaban J connectivity index is 1.83. The molecule has 0 atom stereocenters. The maximum Gasteiger partial charge on any atom is 0.264 e. The van der Waals surface area contributed by atoms with Gasteiger partial charge >= 0.3 is 0 Å². The summed E-state index contributed by atoms with van der Waals surface area (Å²) in [6, 6.07) is 14.7. The summed E-state index contributed by atoms with van der Waals surface area (Å²) < 4.78 is 60.9. The van der Waals surface area contributed by atoms with Crippen LogP contribution in [0.3, 0.4) is 0 Å². The summed E-state index contributed by atoms with van der Waals surface area (Å²) in [6.45, 7) is 5.15. The molecule has 1 amide bonds. The molecule has 174 valence electrons. The zero-order valence-corrected chi connectivity index (χ0v) is 20.2. The molecular weight excluding hydrogens is 464 g/mol. The van der Waals surface area contributed by atoms with Gasteiger partial charge in [-0.1, -0.05) is 18.2 Å². The van der Waals surface area contributed by atoms with Crippen molar-refractivity contribution in [2.75, 3.05) is 11.8 Å². The molecule has 0 unspecified atom stereocenters. The predicted octanol–water partition coefficient (Wildman–Crippen LogP) is 3.54. The van der Waals surface area contributed by atoms with Gasteiger partial charge < -0.3 is 4.74 Å². The summed E-state index contributed by atoms with van der Waals surface area (Å²) >= 11 is 0. The number of benzene rings is 3. The average Bonchev–Trinajstić information content (AvgIpc) is 2.76. The second-order valence-electron chi connectivity index (χ2n) is 7.41. The van der Waals surface area contributed by atoms with Crippen molar-refractivity contribution < 1.29 is 26.4 Å². The normalized spacial score (nSPS) is 11.6. The molecule has 0 heterocycles. The lowest BCUT2D eigenvalue weighted by Gasteiger charge is -2.17. The van der Waals surface area contributed by atoms with Gasteiger partial charge in [0.25, 0.3) is 26.0 Å². The Hall–Kier alpha value is -3.37. The second-order valence-corrected chi connectivity index (χ2v) is 10.7. The monoisotopic (exact) mass is 488 g/mol. The van der Waals surface area contributed by atoms with Crippen LogP contribution in [0.25, 0.3) is 0 Å². The lowest BCUT2D eigenvalue weighted by Crippen LogP contribution is -2.30. The topological polar surface area (TPSA) is 119 Å². The highest BCUT2D eigenvalue weighted by Gasteiger charge is 2.24. The Labute approximate surface area is 193 Å². The van der Waals surface area contributed by atoms with Gasteiger partial charge in [-0.2, -0.15) is 0 Å². The van der Waals surface area contributed by atoms with Crippen LogP contribution >= 0.6 is 0 Å². The fraction of sp³-hybridized carbons (Fsp3) is 0.174. The zero-order valence-electron chi connectivity index (χ0n) is 18.5. The Morgan fingerprint density at radius 3 is 2.00 bits per heavy atom. The second kappa shape index (κ2) is 9.24. The van der Waals surface area contributed by atoms with Gasteiger partial charge in [-0.15, -0.1) is 0 Å². The quantitative estimate of drug-likeness (QED) is 0.525. The molecule has 0 fully saturated rings. The maximum absolute atomic E-state index is 13.1. The number of hydrogen-bond acceptors (Lipinski definition) is 6. The maximum atomic E-state index is 13.1. The van der Waals surface area contributed by atoms with E-state index >= 15 is 0 Å². The van der Waals surface area contributed by atoms with Crippen molar-refractivity contribution in [3.05, 3.63) is 82.9 Å². The van der Waals surface area contributed by atoms with Crippen LogP contribution in [0.2, 0.25) is 0 Å². The summed E-state index contributed by atoms with van der Waals surface area (Å²) in [5, 5.41) is 0. The minimum absolute atomic E-state index is 0.132. The van der Waals surface area contributed by atoms with E-state index in [4.69, 9.17) is 4.74 Å². The molecule has 0 aliphatic carbocycles. The van der Waals surface area contributed by atoms with Crippen LogP contribution in [0.15, 0.2) is 70.5 Å². The lowest BCUT2D eigenvalue weighted by atomic mass is 10.1. The minimum Gasteiger partial charge on any atom is -0.496 e. The molecule has 0 aromatic heterocycles. The smallest absolute Gasteiger partial charge is 0.264 e. The van der Waals surface area contributed by atoms with E-state index in [1.54, 1.807) is 45.0 Å². The first-order valence-electron chi connectivity index (χ1n) is 9.86. The SMILES string of the molecule is COc1cc(C)c(S(=O)(=O)Nc2ccc(S(=O)(=O)NC(=O)c3ccccc3)cc2)c(C)c1C. The fourth-order valence-electron chi connectivity index (χ4n) is 3.38. The summed E-state index contributed by atoms with van der Waals surface area (Å²) in [7, 11) is -6.57. The van der Waals surface area contributed by atoms with E-state index in [1.165, 1.54) is 43.5 Å². The van der Waals surface area contributed by atoms with Crippen molar-refractivity contribution in [3.8, 4) is 5.75 Å². The summed E-state index contributed by atoms with van der Waals surface area (Å²) in [4.78, 5) is 12.1. The van der Waals surface area contributed by atoms with Crippen LogP contribution in [0, 0.1) is 20.8 Å². The zero-order chi connectivity index (χ0) is 24.4. The van der Waals surface area contributed by atoms with Crippen molar-refractivity contribution in [1.82, 2.24) is 4.72 Å². The molecule has 0 bridgehead atoms. The van der Waals surface area contributed by atoms with E-state index in [-0.39, 0.29) is 21.0 Å². The third-order valence-electron chi connectivity index (χ3n) is 5.15. The molecule has 0 saturated carbocycles. The number of ether oxygens (including phenoxy) is 1. The van der Waals surface area contributed by atoms with Gasteiger partial charge in [0.05, 0.1) is 16.9 Å². The van der Waals surface area contributed by atoms with Gasteiger partial charge in [0.2, 0.25) is 0 Å². The van der Waals surface area contributed by atoms with E-state index in [9.17, 15) is 21.6 Å². The first-order chi connectivity index (χ1) is 15.5. The highest BCUT2D eigenvalue weighted by Crippen LogP contribution is 2.31. The molecule has 0 saturated heterocycles. The van der Waals surface area contributed by atoms with Crippen LogP contribution in [0.5, 0.6) is 5.75 Å². The van der Waals surface area contributed by atoms with E-state index < -0.39 is 26.0 Å². The van der Waals surface area contributed by atoms with Gasteiger partial charge in [-0.05, 0) is 79.9 Å². The Kier molecular flexibility index (Phi) is 6.80. The summed E-state index contributed by atoms with van der Waals surface area (Å²) in [6.07, 6.45) is 0. The number of methoxy groups -OCH3 is 1. The van der Waals surface area contributed by atoms with Crippen molar-refractivity contribution in [2.24, 2.45) is 0 Å². The van der Waals surface area contributed by atoms with Gasteiger partial charge in [-0.3, -0.25) is 9.52 Å². The van der Waals surface area contributed by atoms with Crippen molar-refractivity contribution >= 4 is 31.6 Å². The average molecular weight is 489 g/mol. The number of amides is 1. The number of rotatable bonds is 7. The van der Waals surface area contributed by atoms with E-state index in [2.05, 4.69) is 4.72 Å². The predicted molar refractivity (Wildman–Crippen MR) is 126 cm³/mol. The first kappa shape index (κ1) is 24.3. The van der Waals surface area contributed by atoms with Crippen LogP contribution in [-0.4, -0.2) is 29.9 Å². The Morgan fingerprint density at radius 1 is 0.818 bits per heavy atom. The van der Waals surface area contributed by atoms with Crippen molar-refractivity contribution in [3.63, 3.8) is 0 Å². The molecular formula is C23H24N2O6S2. The van der Waals surface area contributed by atoms with Crippen molar-refractivity contribution in [2.45, 2.75) is 30.6 Å². The number of nitrogens with one attached hydrogen (secondary N) is 2. The number of hydrogen-bond donors (Lipinski definition) is 2. The van der Waals surface area contributed by atoms with Crippen LogP contribution in [-0.2, 0) is 20.0 Å². The van der Waals surface area contributed by atoms with Gasteiger partial charge in [0.15, 0.2) is 0 Å². The number of anilines is 1. The number of sulfonamides is 2. The van der Waals surface area contributed by atoms with E-state index in [0.717, 1.165) is 0 Å². The molecule has 3 aromatic carbocycles. The van der Waals surface area contributed by atoms with E-state index in [1.807, 2.05) is 4.72 Å². The van der Waals surface area contributed by atoms with Crippen LogP contribution < -0.4 is 14.2 Å². The van der Waals surface area contributed by atoms with Gasteiger partial charge in [0, 0.05) is 11.3 Å². The molecule has 0 radical (unpaired) electrons. The lowest BCUT2D eigenvalue weighted by molar-refractivity contribution is 0.0981. The van der Waals surface area contributed by atoms with Crippen LogP contribution in [0.1, 0.15) is 27.0 Å². The summed E-state index contributed by atoms with van der Waals surface area (Å²) in [5.41, 5.74) is 2.16. The van der Waals surface area contributed by atoms with Crippen LogP contribution in [0.4, 0.5) is 5.69 Å². The molecule has 33 heavy (non-hydrogen) atoms. The standard InChI is InChI=1S/C23H24N2O6S2/c1-15-14-21(31-4)16(2)17(3)22(15)33(29,30)24-19-10-12-20(13-11-19)32(27,28)25-23(26)18-8-6-5-7-9-18/h5-14,24H,1-4H3,(H,25,26). The minimum atomic E-state index is -4.14. The van der Waals surface area contributed by atoms with E-state index in [0.29, 0.717) is 22.4 Å². The fourth-order valence-corrected chi connectivity index (χ4v) is 5.95. The Bertz CT molecular complexity index is 1400. The molecule has 3 aromatic rings. The number of aryl methyl sites for hydroxylation is 1.